The Morgan fingerprint density at radius 1 is 1.08 bits per heavy atom. The van der Waals surface area contributed by atoms with E-state index in [0.717, 1.165) is 27.7 Å². The molecule has 0 N–H and O–H groups in total. The monoisotopic (exact) mass is 490 g/mol. The second kappa shape index (κ2) is 7.50. The van der Waals surface area contributed by atoms with E-state index >= 15 is 4.39 Å². The number of fused-ring (bicyclic) bond motifs is 6. The summed E-state index contributed by atoms with van der Waals surface area (Å²) in [7, 11) is 0. The maximum absolute atomic E-state index is 15.2. The first kappa shape index (κ1) is 22.2. The Morgan fingerprint density at radius 2 is 1.86 bits per heavy atom. The topological polar surface area (TPSA) is 92.1 Å². The van der Waals surface area contributed by atoms with Crippen LogP contribution in [0.2, 0.25) is 0 Å². The highest BCUT2D eigenvalue weighted by molar-refractivity contribution is 5.98. The molecule has 2 fully saturated rings. The number of benzene rings is 2. The molecule has 0 bridgehead atoms. The van der Waals surface area contributed by atoms with Crippen molar-refractivity contribution in [2.45, 2.75) is 43.8 Å². The zero-order chi connectivity index (χ0) is 25.5. The number of halogens is 1. The van der Waals surface area contributed by atoms with Gasteiger partial charge in [-0.2, -0.15) is 5.26 Å². The Balaban J connectivity index is 1.54. The Hall–Kier alpha value is -4.02. The van der Waals surface area contributed by atoms with E-state index < -0.39 is 17.1 Å². The normalized spacial score (nSPS) is 29.7. The predicted molar refractivity (Wildman–Crippen MR) is 135 cm³/mol. The van der Waals surface area contributed by atoms with E-state index in [0.29, 0.717) is 29.9 Å². The molecule has 0 unspecified atom stereocenters. The highest BCUT2D eigenvalue weighted by Gasteiger charge is 2.77. The fourth-order valence-electron chi connectivity index (χ4n) is 6.86. The number of nitrogens with zero attached hydrogens (tertiary/aromatic N) is 4. The number of aromatic nitrogens is 3. The fourth-order valence-corrected chi connectivity index (χ4v) is 6.86. The molecule has 1 saturated heterocycles. The molecule has 182 valence electrons. The van der Waals surface area contributed by atoms with Gasteiger partial charge < -0.3 is 4.74 Å². The first-order valence-electron chi connectivity index (χ1n) is 12.5. The average Bonchev–Trinajstić information content (AvgIpc) is 3.69. The number of ether oxygens (including phenoxy) is 1. The van der Waals surface area contributed by atoms with E-state index in [1.165, 1.54) is 6.07 Å². The van der Waals surface area contributed by atoms with Crippen LogP contribution in [0.5, 0.6) is 0 Å². The Morgan fingerprint density at radius 3 is 2.68 bits per heavy atom. The van der Waals surface area contributed by atoms with Crippen molar-refractivity contribution in [3.05, 3.63) is 77.9 Å². The van der Waals surface area contributed by atoms with Gasteiger partial charge in [0, 0.05) is 39.6 Å². The summed E-state index contributed by atoms with van der Waals surface area (Å²) < 4.78 is 21.1. The molecular weight excluding hydrogens is 467 g/mol. The lowest BCUT2D eigenvalue weighted by molar-refractivity contribution is -0.129. The summed E-state index contributed by atoms with van der Waals surface area (Å²) in [5.74, 6) is -0.442. The molecule has 7 heteroatoms. The maximum atomic E-state index is 15.2. The first-order valence-corrected chi connectivity index (χ1v) is 12.5. The zero-order valence-corrected chi connectivity index (χ0v) is 20.4. The lowest BCUT2D eigenvalue weighted by Crippen LogP contribution is -2.56. The number of pyridine rings is 1. The number of para-hydroxylation sites is 1. The van der Waals surface area contributed by atoms with Gasteiger partial charge in [-0.25, -0.2) is 14.4 Å². The predicted octanol–water partition coefficient (Wildman–Crippen LogP) is 5.20. The van der Waals surface area contributed by atoms with Crippen LogP contribution in [0, 0.1) is 29.0 Å². The second-order valence-electron chi connectivity index (χ2n) is 10.5. The molecule has 7 rings (SSSR count). The fraction of sp³-hybridized carbons (Fsp3) is 0.300. The number of hydrogen-bond acceptors (Lipinski definition) is 6. The Bertz CT molecular complexity index is 1680. The number of ketones is 1. The number of carbonyl (C=O) groups is 1. The summed E-state index contributed by atoms with van der Waals surface area (Å²) in [6, 6.07) is 18.4. The Kier molecular flexibility index (Phi) is 4.50. The molecule has 2 aromatic carbocycles. The maximum Gasteiger partial charge on any atom is 0.240 e. The molecule has 3 heterocycles. The quantitative estimate of drug-likeness (QED) is 0.359. The van der Waals surface area contributed by atoms with E-state index in [1.807, 2.05) is 37.3 Å². The highest BCUT2D eigenvalue weighted by Crippen LogP contribution is 2.62. The number of rotatable bonds is 2. The van der Waals surface area contributed by atoms with Crippen molar-refractivity contribution in [1.29, 1.82) is 5.26 Å². The summed E-state index contributed by atoms with van der Waals surface area (Å²) in [5.41, 5.74) is 2.02. The largest absolute Gasteiger partial charge is 0.342 e. The molecular formula is C30H23FN4O2. The van der Waals surface area contributed by atoms with Gasteiger partial charge in [-0.05, 0) is 43.0 Å². The number of Topliss-reactive ketones (excluding diaryl/α,β-unsaturated/α-hetero) is 1. The van der Waals surface area contributed by atoms with Crippen LogP contribution in [0.4, 0.5) is 4.39 Å². The molecule has 37 heavy (non-hydrogen) atoms. The van der Waals surface area contributed by atoms with Crippen LogP contribution in [0.15, 0.2) is 60.8 Å². The smallest absolute Gasteiger partial charge is 0.240 e. The Labute approximate surface area is 213 Å². The number of nitriles is 1. The number of hydrogen-bond donors (Lipinski definition) is 0. The van der Waals surface area contributed by atoms with Crippen molar-refractivity contribution in [3.8, 4) is 28.7 Å². The zero-order valence-electron chi connectivity index (χ0n) is 20.4. The van der Waals surface area contributed by atoms with Crippen LogP contribution in [0.25, 0.3) is 33.5 Å². The van der Waals surface area contributed by atoms with Gasteiger partial charge in [0.2, 0.25) is 5.60 Å². The average molecular weight is 491 g/mol. The first-order chi connectivity index (χ1) is 17.9. The van der Waals surface area contributed by atoms with Gasteiger partial charge in [0.1, 0.15) is 18.0 Å². The molecule has 2 aromatic heterocycles. The van der Waals surface area contributed by atoms with Gasteiger partial charge in [-0.3, -0.25) is 9.78 Å². The van der Waals surface area contributed by atoms with Gasteiger partial charge in [-0.1, -0.05) is 44.2 Å². The van der Waals surface area contributed by atoms with Gasteiger partial charge in [0.25, 0.3) is 0 Å². The van der Waals surface area contributed by atoms with Crippen LogP contribution < -0.4 is 0 Å². The summed E-state index contributed by atoms with van der Waals surface area (Å²) >= 11 is 0. The molecule has 0 spiro atoms. The van der Waals surface area contributed by atoms with Crippen LogP contribution in [0.1, 0.15) is 31.5 Å². The SMILES string of the molecule is C[C@H]1C(=O)[C@@]2(C#N)O[C@H]2[C@@]2(C)c3nc(-c4ccnc5ccccc45)nc(-c4ccccc4F)c3CC[C@H]12. The number of carbonyl (C=O) groups excluding carboxylic acids is 1. The van der Waals surface area contributed by atoms with E-state index in [2.05, 4.69) is 18.0 Å². The van der Waals surface area contributed by atoms with Gasteiger partial charge in [-0.15, -0.1) is 0 Å². The minimum Gasteiger partial charge on any atom is -0.342 e. The minimum absolute atomic E-state index is 0.0492. The molecule has 3 aliphatic rings. The molecule has 0 radical (unpaired) electrons. The van der Waals surface area contributed by atoms with Crippen LogP contribution >= 0.6 is 0 Å². The molecule has 1 aliphatic heterocycles. The van der Waals surface area contributed by atoms with Crippen molar-refractivity contribution >= 4 is 16.7 Å². The third-order valence-corrected chi connectivity index (χ3v) is 8.72. The second-order valence-corrected chi connectivity index (χ2v) is 10.5. The molecule has 4 aromatic rings. The van der Waals surface area contributed by atoms with Crippen LogP contribution in [-0.2, 0) is 21.4 Å². The van der Waals surface area contributed by atoms with Crippen molar-refractivity contribution in [2.75, 3.05) is 0 Å². The van der Waals surface area contributed by atoms with Crippen molar-refractivity contribution in [2.24, 2.45) is 11.8 Å². The minimum atomic E-state index is -1.44. The van der Waals surface area contributed by atoms with Gasteiger partial charge >= 0.3 is 0 Å². The van der Waals surface area contributed by atoms with Crippen LogP contribution in [-0.4, -0.2) is 32.4 Å². The molecule has 0 amide bonds. The molecule has 6 nitrogen and oxygen atoms in total. The molecule has 2 aliphatic carbocycles. The third kappa shape index (κ3) is 2.82. The van der Waals surface area contributed by atoms with E-state index in [1.54, 1.807) is 24.4 Å². The van der Waals surface area contributed by atoms with Crippen molar-refractivity contribution in [1.82, 2.24) is 15.0 Å². The summed E-state index contributed by atoms with van der Waals surface area (Å²) in [6.45, 7) is 3.94. The van der Waals surface area contributed by atoms with Crippen molar-refractivity contribution in [3.63, 3.8) is 0 Å². The van der Waals surface area contributed by atoms with E-state index in [9.17, 15) is 10.1 Å². The summed E-state index contributed by atoms with van der Waals surface area (Å²) in [4.78, 5) is 27.7. The molecule has 1 saturated carbocycles. The molecule has 5 atom stereocenters. The summed E-state index contributed by atoms with van der Waals surface area (Å²) in [6.07, 6.45) is 2.45. The summed E-state index contributed by atoms with van der Waals surface area (Å²) in [5, 5.41) is 10.9. The van der Waals surface area contributed by atoms with Crippen molar-refractivity contribution < 1.29 is 13.9 Å². The van der Waals surface area contributed by atoms with Gasteiger partial charge in [0.05, 0.1) is 16.9 Å². The van der Waals surface area contributed by atoms with E-state index in [-0.39, 0.29) is 23.4 Å². The lowest BCUT2D eigenvalue weighted by atomic mass is 9.54. The highest BCUT2D eigenvalue weighted by atomic mass is 19.1. The standard InChI is InChI=1S/C30H23FN4O2/c1-16-21-12-11-20-24(19-8-3-5-9-22(19)31)34-27(18-13-14-33-23-10-6-4-7-17(18)23)35-25(20)29(21,2)28-30(15-32,37-28)26(16)36/h3-10,13-14,16,21,28H,11-12H2,1-2H3/t16-,21-,28+,29-,30-/m1/s1. The lowest BCUT2D eigenvalue weighted by Gasteiger charge is -2.47. The van der Waals surface area contributed by atoms with E-state index in [4.69, 9.17) is 14.7 Å². The third-order valence-electron chi connectivity index (χ3n) is 8.72. The number of epoxide rings is 1. The van der Waals surface area contributed by atoms with Crippen LogP contribution in [0.3, 0.4) is 0 Å². The van der Waals surface area contributed by atoms with Gasteiger partial charge in [0.15, 0.2) is 11.6 Å².